The molecule has 3 rings (SSSR count). The molecule has 0 aliphatic rings. The summed E-state index contributed by atoms with van der Waals surface area (Å²) in [6.07, 6.45) is 2.91. The molecule has 0 aliphatic carbocycles. The van der Waals surface area contributed by atoms with E-state index in [0.717, 1.165) is 17.5 Å². The highest BCUT2D eigenvalue weighted by molar-refractivity contribution is 6.32. The lowest BCUT2D eigenvalue weighted by Gasteiger charge is -2.15. The zero-order chi connectivity index (χ0) is 15.5. The number of nitrogens with one attached hydrogen (secondary N) is 1. The SMILES string of the molecule is COc1ccc(CC(CN)c2c[nH]c3ccccc23)cc1Cl. The minimum Gasteiger partial charge on any atom is -0.495 e. The number of benzene rings is 2. The number of rotatable bonds is 5. The Hall–Kier alpha value is -1.97. The van der Waals surface area contributed by atoms with Crippen molar-refractivity contribution in [2.45, 2.75) is 12.3 Å². The van der Waals surface area contributed by atoms with Crippen LogP contribution in [0.25, 0.3) is 10.9 Å². The first kappa shape index (κ1) is 14.9. The fourth-order valence-electron chi connectivity index (χ4n) is 2.87. The summed E-state index contributed by atoms with van der Waals surface area (Å²) < 4.78 is 5.20. The van der Waals surface area contributed by atoms with E-state index < -0.39 is 0 Å². The molecule has 0 radical (unpaired) electrons. The Balaban J connectivity index is 1.90. The minimum absolute atomic E-state index is 0.251. The number of halogens is 1. The van der Waals surface area contributed by atoms with Crippen molar-refractivity contribution >= 4 is 22.5 Å². The Labute approximate surface area is 135 Å². The first-order valence-corrected chi connectivity index (χ1v) is 7.69. The largest absolute Gasteiger partial charge is 0.495 e. The first-order valence-electron chi connectivity index (χ1n) is 7.31. The van der Waals surface area contributed by atoms with Crippen molar-refractivity contribution in [1.29, 1.82) is 0 Å². The van der Waals surface area contributed by atoms with Crippen molar-refractivity contribution in [3.8, 4) is 5.75 Å². The molecule has 3 N–H and O–H groups in total. The van der Waals surface area contributed by atoms with Crippen molar-refractivity contribution in [3.05, 3.63) is 64.8 Å². The molecule has 22 heavy (non-hydrogen) atoms. The lowest BCUT2D eigenvalue weighted by Crippen LogP contribution is -2.14. The van der Waals surface area contributed by atoms with Gasteiger partial charge in [0.2, 0.25) is 0 Å². The third-order valence-electron chi connectivity index (χ3n) is 4.04. The Bertz CT molecular complexity index is 782. The number of para-hydroxylation sites is 1. The average molecular weight is 315 g/mol. The van der Waals surface area contributed by atoms with E-state index in [1.165, 1.54) is 10.9 Å². The molecule has 0 spiro atoms. The van der Waals surface area contributed by atoms with Crippen LogP contribution in [0.4, 0.5) is 0 Å². The maximum Gasteiger partial charge on any atom is 0.137 e. The Morgan fingerprint density at radius 3 is 2.77 bits per heavy atom. The molecule has 0 saturated heterocycles. The van der Waals surface area contributed by atoms with Crippen LogP contribution in [0.1, 0.15) is 17.0 Å². The van der Waals surface area contributed by atoms with Crippen molar-refractivity contribution in [2.24, 2.45) is 5.73 Å². The molecular weight excluding hydrogens is 296 g/mol. The molecule has 1 atom stereocenters. The monoisotopic (exact) mass is 314 g/mol. The molecule has 4 heteroatoms. The van der Waals surface area contributed by atoms with Gasteiger partial charge in [-0.25, -0.2) is 0 Å². The second-order valence-corrected chi connectivity index (χ2v) is 5.80. The fraction of sp³-hybridized carbons (Fsp3) is 0.222. The van der Waals surface area contributed by atoms with Crippen LogP contribution in [0.2, 0.25) is 5.02 Å². The number of aromatic amines is 1. The summed E-state index contributed by atoms with van der Waals surface area (Å²) in [6.45, 7) is 0.589. The predicted octanol–water partition coefficient (Wildman–Crippen LogP) is 4.11. The Kier molecular flexibility index (Phi) is 4.36. The normalized spacial score (nSPS) is 12.5. The predicted molar refractivity (Wildman–Crippen MR) is 91.8 cm³/mol. The van der Waals surface area contributed by atoms with Crippen molar-refractivity contribution in [1.82, 2.24) is 4.98 Å². The Morgan fingerprint density at radius 1 is 1.23 bits per heavy atom. The Morgan fingerprint density at radius 2 is 2.05 bits per heavy atom. The average Bonchev–Trinajstić information content (AvgIpc) is 2.97. The van der Waals surface area contributed by atoms with E-state index >= 15 is 0 Å². The summed E-state index contributed by atoms with van der Waals surface area (Å²) in [6, 6.07) is 14.2. The summed E-state index contributed by atoms with van der Waals surface area (Å²) in [4.78, 5) is 3.32. The van der Waals surface area contributed by atoms with E-state index in [1.54, 1.807) is 7.11 Å². The molecule has 3 nitrogen and oxygen atoms in total. The summed E-state index contributed by atoms with van der Waals surface area (Å²) in [5.41, 5.74) is 9.58. The number of hydrogen-bond donors (Lipinski definition) is 2. The van der Waals surface area contributed by atoms with E-state index in [-0.39, 0.29) is 5.92 Å². The summed E-state index contributed by atoms with van der Waals surface area (Å²) in [7, 11) is 1.62. The molecule has 0 aliphatic heterocycles. The maximum atomic E-state index is 6.21. The number of nitrogens with two attached hydrogens (primary N) is 1. The maximum absolute atomic E-state index is 6.21. The van der Waals surface area contributed by atoms with Gasteiger partial charge in [0.25, 0.3) is 0 Å². The van der Waals surface area contributed by atoms with Gasteiger partial charge in [-0.05, 0) is 42.3 Å². The van der Waals surface area contributed by atoms with E-state index in [2.05, 4.69) is 29.4 Å². The van der Waals surface area contributed by atoms with Gasteiger partial charge in [0.15, 0.2) is 0 Å². The van der Waals surface area contributed by atoms with E-state index in [9.17, 15) is 0 Å². The molecule has 114 valence electrons. The van der Waals surface area contributed by atoms with Gasteiger partial charge in [0.1, 0.15) is 5.75 Å². The molecular formula is C18H19ClN2O. The van der Waals surface area contributed by atoms with Crippen LogP contribution in [-0.2, 0) is 6.42 Å². The second-order valence-electron chi connectivity index (χ2n) is 5.40. The highest BCUT2D eigenvalue weighted by Gasteiger charge is 2.15. The molecule has 0 amide bonds. The lowest BCUT2D eigenvalue weighted by molar-refractivity contribution is 0.415. The third-order valence-corrected chi connectivity index (χ3v) is 4.34. The molecule has 0 bridgehead atoms. The van der Waals surface area contributed by atoms with Gasteiger partial charge in [-0.15, -0.1) is 0 Å². The van der Waals surface area contributed by atoms with Crippen LogP contribution in [-0.4, -0.2) is 18.6 Å². The molecule has 1 unspecified atom stereocenters. The van der Waals surface area contributed by atoms with Gasteiger partial charge < -0.3 is 15.5 Å². The molecule has 2 aromatic carbocycles. The number of fused-ring (bicyclic) bond motifs is 1. The van der Waals surface area contributed by atoms with Crippen molar-refractivity contribution < 1.29 is 4.74 Å². The third kappa shape index (κ3) is 2.82. The van der Waals surface area contributed by atoms with Gasteiger partial charge in [-0.3, -0.25) is 0 Å². The zero-order valence-corrected chi connectivity index (χ0v) is 13.2. The standard InChI is InChI=1S/C18H19ClN2O/c1-22-18-7-6-12(9-16(18)19)8-13(10-20)15-11-21-17-5-3-2-4-14(15)17/h2-7,9,11,13,21H,8,10,20H2,1H3. The summed E-state index contributed by atoms with van der Waals surface area (Å²) >= 11 is 6.21. The first-order chi connectivity index (χ1) is 10.7. The van der Waals surface area contributed by atoms with Gasteiger partial charge in [-0.1, -0.05) is 35.9 Å². The van der Waals surface area contributed by atoms with Crippen LogP contribution in [0.15, 0.2) is 48.7 Å². The van der Waals surface area contributed by atoms with Crippen molar-refractivity contribution in [2.75, 3.05) is 13.7 Å². The van der Waals surface area contributed by atoms with E-state index in [0.29, 0.717) is 17.3 Å². The number of methoxy groups -OCH3 is 1. The minimum atomic E-state index is 0.251. The number of aromatic nitrogens is 1. The van der Waals surface area contributed by atoms with E-state index in [1.807, 2.05) is 24.3 Å². The molecule has 1 aromatic heterocycles. The van der Waals surface area contributed by atoms with Crippen LogP contribution >= 0.6 is 11.6 Å². The van der Waals surface area contributed by atoms with Crippen LogP contribution < -0.4 is 10.5 Å². The lowest BCUT2D eigenvalue weighted by atomic mass is 9.92. The van der Waals surface area contributed by atoms with Crippen LogP contribution in [0.3, 0.4) is 0 Å². The summed E-state index contributed by atoms with van der Waals surface area (Å²) in [5, 5.41) is 1.87. The molecule has 0 fully saturated rings. The smallest absolute Gasteiger partial charge is 0.137 e. The topological polar surface area (TPSA) is 51.0 Å². The molecule has 1 heterocycles. The summed E-state index contributed by atoms with van der Waals surface area (Å²) in [5.74, 6) is 0.947. The van der Waals surface area contributed by atoms with Crippen LogP contribution in [0, 0.1) is 0 Å². The van der Waals surface area contributed by atoms with Gasteiger partial charge >= 0.3 is 0 Å². The zero-order valence-electron chi connectivity index (χ0n) is 12.5. The van der Waals surface area contributed by atoms with E-state index in [4.69, 9.17) is 22.1 Å². The number of H-pyrrole nitrogens is 1. The van der Waals surface area contributed by atoms with Crippen molar-refractivity contribution in [3.63, 3.8) is 0 Å². The number of hydrogen-bond acceptors (Lipinski definition) is 2. The number of ether oxygens (including phenoxy) is 1. The second kappa shape index (κ2) is 6.42. The molecule has 0 saturated carbocycles. The quantitative estimate of drug-likeness (QED) is 0.744. The highest BCUT2D eigenvalue weighted by atomic mass is 35.5. The fourth-order valence-corrected chi connectivity index (χ4v) is 3.15. The molecule has 3 aromatic rings. The highest BCUT2D eigenvalue weighted by Crippen LogP contribution is 2.30. The van der Waals surface area contributed by atoms with Crippen LogP contribution in [0.5, 0.6) is 5.75 Å². The van der Waals surface area contributed by atoms with Gasteiger partial charge in [0, 0.05) is 23.0 Å². The van der Waals surface area contributed by atoms with Gasteiger partial charge in [-0.2, -0.15) is 0 Å². The van der Waals surface area contributed by atoms with Gasteiger partial charge in [0.05, 0.1) is 12.1 Å².